The van der Waals surface area contributed by atoms with Crippen molar-refractivity contribution in [2.24, 2.45) is 0 Å². The van der Waals surface area contributed by atoms with Crippen LogP contribution in [0.15, 0.2) is 0 Å². The number of nitrogens with zero attached hydrogens (tertiary/aromatic N) is 5. The van der Waals surface area contributed by atoms with Crippen LogP contribution in [0.3, 0.4) is 0 Å². The number of rotatable bonds is 5. The van der Waals surface area contributed by atoms with Crippen LogP contribution in [0.2, 0.25) is 0 Å². The van der Waals surface area contributed by atoms with Gasteiger partial charge in [-0.1, -0.05) is 0 Å². The average Bonchev–Trinajstić information content (AvgIpc) is 3.35. The highest BCUT2D eigenvalue weighted by Gasteiger charge is 2.64. The molecule has 5 fully saturated rings. The lowest BCUT2D eigenvalue weighted by Gasteiger charge is -2.60. The van der Waals surface area contributed by atoms with Crippen molar-refractivity contribution in [1.29, 1.82) is 0 Å². The number of carbonyl (C=O) groups excluding carboxylic acids is 4. The first-order chi connectivity index (χ1) is 15.8. The van der Waals surface area contributed by atoms with E-state index in [1.54, 1.807) is 6.92 Å². The van der Waals surface area contributed by atoms with Gasteiger partial charge in [-0.25, -0.2) is 0 Å². The number of carbonyl (C=O) groups is 4. The third-order valence-corrected chi connectivity index (χ3v) is 8.36. The number of β-amino-alcohol motifs (C(OH)–C–C–N with tert-alkyl or cyclic N) is 1. The van der Waals surface area contributed by atoms with Crippen molar-refractivity contribution in [3.63, 3.8) is 0 Å². The van der Waals surface area contributed by atoms with Crippen molar-refractivity contribution < 1.29 is 24.3 Å². The van der Waals surface area contributed by atoms with Gasteiger partial charge in [-0.15, -0.1) is 0 Å². The van der Waals surface area contributed by atoms with Crippen LogP contribution in [-0.2, 0) is 19.2 Å². The van der Waals surface area contributed by atoms with Crippen LogP contribution in [0.25, 0.3) is 0 Å². The fraction of sp³-hybridized carbons (Fsp3) is 0.826. The van der Waals surface area contributed by atoms with Gasteiger partial charge >= 0.3 is 0 Å². The Hall–Kier alpha value is -2.04. The van der Waals surface area contributed by atoms with E-state index >= 15 is 0 Å². The Balaban J connectivity index is 1.25. The summed E-state index contributed by atoms with van der Waals surface area (Å²) < 4.78 is 0. The smallest absolute Gasteiger partial charge is 0.252 e. The molecular formula is C23H35N5O5. The van der Waals surface area contributed by atoms with Crippen molar-refractivity contribution in [3.8, 4) is 0 Å². The number of hydrogen-bond acceptors (Lipinski definition) is 7. The van der Waals surface area contributed by atoms with E-state index in [4.69, 9.17) is 0 Å². The minimum atomic E-state index is -0.753. The summed E-state index contributed by atoms with van der Waals surface area (Å²) in [6.07, 6.45) is 3.59. The van der Waals surface area contributed by atoms with E-state index < -0.39 is 17.7 Å². The number of imide groups is 1. The molecule has 33 heavy (non-hydrogen) atoms. The van der Waals surface area contributed by atoms with E-state index in [2.05, 4.69) is 4.90 Å². The first-order valence-corrected chi connectivity index (χ1v) is 12.4. The van der Waals surface area contributed by atoms with E-state index in [1.807, 2.05) is 14.7 Å². The molecule has 2 atom stereocenters. The molecule has 182 valence electrons. The first kappa shape index (κ1) is 22.7. The quantitative estimate of drug-likeness (QED) is 0.517. The number of aliphatic hydroxyl groups is 1. The maximum Gasteiger partial charge on any atom is 0.252 e. The zero-order valence-electron chi connectivity index (χ0n) is 19.4. The standard InChI is InChI=1S/C23H35N5O5/c1-16(29)24-10-5-17(6-11-24)26-14-23(15-26)22(33)27(9-3-8-25-7-2-4-20(25)31)21(32)19-12-18(30)13-28(19)23/h17-19,30H,2-15H2,1H3. The number of likely N-dealkylation sites (tertiary alicyclic amines) is 3. The molecule has 0 aromatic rings. The van der Waals surface area contributed by atoms with Crippen molar-refractivity contribution in [1.82, 2.24) is 24.5 Å². The molecule has 1 spiro atoms. The highest BCUT2D eigenvalue weighted by Crippen LogP contribution is 2.42. The fourth-order valence-electron chi connectivity index (χ4n) is 6.49. The molecule has 10 nitrogen and oxygen atoms in total. The second-order valence-electron chi connectivity index (χ2n) is 10.4. The molecule has 2 unspecified atom stereocenters. The molecule has 1 N–H and O–H groups in total. The number of piperidine rings is 1. The van der Waals surface area contributed by atoms with Gasteiger partial charge in [0.2, 0.25) is 17.7 Å². The molecule has 5 saturated heterocycles. The summed E-state index contributed by atoms with van der Waals surface area (Å²) >= 11 is 0. The molecule has 5 heterocycles. The van der Waals surface area contributed by atoms with Gasteiger partial charge in [0.25, 0.3) is 5.91 Å². The summed E-state index contributed by atoms with van der Waals surface area (Å²) in [5.41, 5.74) is -0.753. The maximum atomic E-state index is 13.7. The van der Waals surface area contributed by atoms with Gasteiger partial charge in [0.05, 0.1) is 12.1 Å². The van der Waals surface area contributed by atoms with Gasteiger partial charge in [0.1, 0.15) is 5.54 Å². The van der Waals surface area contributed by atoms with Crippen LogP contribution >= 0.6 is 0 Å². The second kappa shape index (κ2) is 8.63. The minimum Gasteiger partial charge on any atom is -0.392 e. The zero-order chi connectivity index (χ0) is 23.3. The molecule has 0 radical (unpaired) electrons. The number of amides is 4. The van der Waals surface area contributed by atoms with Crippen LogP contribution < -0.4 is 0 Å². The highest BCUT2D eigenvalue weighted by atomic mass is 16.3. The van der Waals surface area contributed by atoms with Gasteiger partial charge in [-0.3, -0.25) is 33.9 Å². The lowest BCUT2D eigenvalue weighted by Crippen LogP contribution is -2.82. The summed E-state index contributed by atoms with van der Waals surface area (Å²) in [5, 5.41) is 10.3. The monoisotopic (exact) mass is 461 g/mol. The van der Waals surface area contributed by atoms with Gasteiger partial charge in [-0.05, 0) is 32.1 Å². The molecule has 10 heteroatoms. The normalized spacial score (nSPS) is 31.0. The fourth-order valence-corrected chi connectivity index (χ4v) is 6.49. The SMILES string of the molecule is CC(=O)N1CCC(N2CC3(C2)C(=O)N(CCCN2CCCC2=O)C(=O)C2CC(O)CN23)CC1. The van der Waals surface area contributed by atoms with Gasteiger partial charge in [-0.2, -0.15) is 0 Å². The molecule has 5 aliphatic heterocycles. The topological polar surface area (TPSA) is 105 Å². The van der Waals surface area contributed by atoms with Gasteiger partial charge in [0, 0.05) is 71.7 Å². The zero-order valence-corrected chi connectivity index (χ0v) is 19.4. The summed E-state index contributed by atoms with van der Waals surface area (Å²) in [6, 6.07) is -0.120. The minimum absolute atomic E-state index is 0.106. The Kier molecular flexibility index (Phi) is 5.95. The lowest BCUT2D eigenvalue weighted by molar-refractivity contribution is -0.183. The van der Waals surface area contributed by atoms with Crippen LogP contribution in [0, 0.1) is 0 Å². The molecule has 0 aromatic heterocycles. The molecule has 0 aromatic carbocycles. The summed E-state index contributed by atoms with van der Waals surface area (Å²) in [7, 11) is 0. The highest BCUT2D eigenvalue weighted by molar-refractivity contribution is 6.06. The molecule has 4 amide bonds. The Bertz CT molecular complexity index is 835. The van der Waals surface area contributed by atoms with Crippen LogP contribution in [0.5, 0.6) is 0 Å². The van der Waals surface area contributed by atoms with Crippen molar-refractivity contribution >= 4 is 23.6 Å². The third-order valence-electron chi connectivity index (χ3n) is 8.36. The number of hydrogen-bond donors (Lipinski definition) is 1. The van der Waals surface area contributed by atoms with E-state index in [-0.39, 0.29) is 23.6 Å². The van der Waals surface area contributed by atoms with E-state index in [1.165, 1.54) is 4.90 Å². The molecule has 0 saturated carbocycles. The number of fused-ring (bicyclic) bond motifs is 2. The van der Waals surface area contributed by atoms with E-state index in [9.17, 15) is 24.3 Å². The lowest BCUT2D eigenvalue weighted by atomic mass is 9.80. The summed E-state index contributed by atoms with van der Waals surface area (Å²) in [5.74, 6) is -0.0980. The molecular weight excluding hydrogens is 426 g/mol. The van der Waals surface area contributed by atoms with Crippen molar-refractivity contribution in [2.75, 3.05) is 52.4 Å². The van der Waals surface area contributed by atoms with Crippen LogP contribution in [0.1, 0.15) is 45.4 Å². The molecule has 0 aliphatic carbocycles. The Labute approximate surface area is 194 Å². The predicted molar refractivity (Wildman–Crippen MR) is 118 cm³/mol. The Morgan fingerprint density at radius 3 is 2.45 bits per heavy atom. The summed E-state index contributed by atoms with van der Waals surface area (Å²) in [4.78, 5) is 59.8. The van der Waals surface area contributed by atoms with Crippen LogP contribution in [-0.4, -0.2) is 129 Å². The van der Waals surface area contributed by atoms with Gasteiger partial charge < -0.3 is 14.9 Å². The Morgan fingerprint density at radius 2 is 1.82 bits per heavy atom. The molecule has 5 aliphatic rings. The Morgan fingerprint density at radius 1 is 1.09 bits per heavy atom. The maximum absolute atomic E-state index is 13.7. The summed E-state index contributed by atoms with van der Waals surface area (Å²) in [6.45, 7) is 6.21. The van der Waals surface area contributed by atoms with E-state index in [0.717, 1.165) is 38.9 Å². The molecule has 0 bridgehead atoms. The predicted octanol–water partition coefficient (Wildman–Crippen LogP) is -1.13. The van der Waals surface area contributed by atoms with Crippen molar-refractivity contribution in [3.05, 3.63) is 0 Å². The number of aliphatic hydroxyl groups excluding tert-OH is 1. The van der Waals surface area contributed by atoms with Crippen LogP contribution in [0.4, 0.5) is 0 Å². The third kappa shape index (κ3) is 3.85. The van der Waals surface area contributed by atoms with Gasteiger partial charge in [0.15, 0.2) is 0 Å². The first-order valence-electron chi connectivity index (χ1n) is 12.4. The van der Waals surface area contributed by atoms with E-state index in [0.29, 0.717) is 58.0 Å². The largest absolute Gasteiger partial charge is 0.392 e. The second-order valence-corrected chi connectivity index (χ2v) is 10.4. The average molecular weight is 462 g/mol. The number of piperazine rings is 1. The molecule has 5 rings (SSSR count). The van der Waals surface area contributed by atoms with Crippen molar-refractivity contribution in [2.45, 2.75) is 69.2 Å².